The number of carbonyl (C=O) groups is 1. The summed E-state index contributed by atoms with van der Waals surface area (Å²) in [4.78, 5) is 19.6. The van der Waals surface area contributed by atoms with Crippen LogP contribution in [0.1, 0.15) is 38.2 Å². The zero-order valence-electron chi connectivity index (χ0n) is 36.5. The first-order valence-electron chi connectivity index (χ1n) is 20.9. The molecule has 1 nitrogen and oxygen atoms in total. The summed E-state index contributed by atoms with van der Waals surface area (Å²) in [5.74, 6) is 0.0749. The SMILES string of the molecule is FC(F)(F)C(F)(F)P(F)(F)(C(F)(F)C(F)(F)F)C(F)(F)C(F)(F)F.O=C(c1ccccc1)c1ccc2c(c1)Cc1cc(Sc3ccc([S+](c4ccccc4)c4ccc5c(c4)Cc4ccccc4-5)cc3)ccc1-2.[F-]. The van der Waals surface area contributed by atoms with Gasteiger partial charge >= 0.3 is 117 Å². The van der Waals surface area contributed by atoms with Gasteiger partial charge in [0.15, 0.2) is 20.5 Å². The van der Waals surface area contributed by atoms with Crippen molar-refractivity contribution in [2.75, 3.05) is 0 Å². The summed E-state index contributed by atoms with van der Waals surface area (Å²) in [6.07, 6.45) is -23.0. The molecule has 0 bridgehead atoms. The fraction of sp³-hybridized carbons (Fsp3) is 0.157. The second-order valence-corrected chi connectivity index (χ2v) is 23.1. The maximum Gasteiger partial charge on any atom is 0.193 e. The van der Waals surface area contributed by atoms with Crippen molar-refractivity contribution in [3.8, 4) is 22.3 Å². The first-order valence-corrected chi connectivity index (χ1v) is 25.0. The van der Waals surface area contributed by atoms with Crippen LogP contribution < -0.4 is 4.70 Å². The average Bonchev–Trinajstić information content (AvgIpc) is 3.88. The van der Waals surface area contributed by atoms with Gasteiger partial charge in [-0.1, -0.05) is 103 Å². The third-order valence-electron chi connectivity index (χ3n) is 11.9. The maximum atomic E-state index is 13.4. The molecule has 2 aliphatic rings. The van der Waals surface area contributed by atoms with E-state index in [0.29, 0.717) is 0 Å². The summed E-state index contributed by atoms with van der Waals surface area (Å²) in [6, 6.07) is 58.5. The van der Waals surface area contributed by atoms with E-state index in [1.165, 1.54) is 69.0 Å². The Bertz CT molecular complexity index is 3100. The fourth-order valence-corrected chi connectivity index (χ4v) is 13.7. The molecule has 0 radical (unpaired) electrons. The van der Waals surface area contributed by atoms with Crippen LogP contribution >= 0.6 is 19.0 Å². The summed E-state index contributed by atoms with van der Waals surface area (Å²) in [6.45, 7) is 0. The van der Waals surface area contributed by atoms with Gasteiger partial charge in [0, 0.05) is 20.9 Å². The first kappa shape index (κ1) is 54.8. The van der Waals surface area contributed by atoms with Gasteiger partial charge in [0.05, 0.1) is 10.9 Å². The minimum Gasteiger partial charge on any atom is -1.00 e. The molecule has 0 aliphatic heterocycles. The van der Waals surface area contributed by atoms with Crippen molar-refractivity contribution in [3.05, 3.63) is 197 Å². The molecule has 7 aromatic carbocycles. The van der Waals surface area contributed by atoms with E-state index in [4.69, 9.17) is 0 Å². The molecule has 384 valence electrons. The van der Waals surface area contributed by atoms with E-state index in [2.05, 4.69) is 127 Å². The standard InChI is InChI=1S/C45H31OS2.C6F17P.FH/c46-45(30-9-3-1-4-10-30)32-15-22-42-33(26-32)27-34-28-37(18-23-43(34)42)47-36-16-19-39(20-17-36)48(38-12-5-2-6-13-38)40-21-24-44-35(29-40)25-31-11-7-8-14-41(31)44;7-1(8,9)4(16,17)24(22,23,5(18,19)2(10,11)12)6(20,21)3(13,14)15;/h1-24,26,28-29H,25,27H2;;1H/q+1;;/p-1. The molecule has 0 N–H and O–H groups in total. The van der Waals surface area contributed by atoms with E-state index in [-0.39, 0.29) is 21.4 Å². The normalized spacial score (nSPS) is 14.5. The zero-order valence-corrected chi connectivity index (χ0v) is 39.0. The Morgan fingerprint density at radius 2 is 0.795 bits per heavy atom. The number of carbonyl (C=O) groups excluding carboxylic acids is 1. The van der Waals surface area contributed by atoms with Crippen LogP contribution in [0, 0.1) is 0 Å². The van der Waals surface area contributed by atoms with Gasteiger partial charge in [-0.25, -0.2) is 0 Å². The molecule has 0 fully saturated rings. The van der Waals surface area contributed by atoms with E-state index < -0.39 is 42.7 Å². The molecular formula is C51H31F18OPS2. The topological polar surface area (TPSA) is 17.1 Å². The summed E-state index contributed by atoms with van der Waals surface area (Å²) in [7, 11) is -12.9. The van der Waals surface area contributed by atoms with E-state index in [1.54, 1.807) is 0 Å². The number of alkyl halides is 15. The van der Waals surface area contributed by atoms with Crippen molar-refractivity contribution in [3.63, 3.8) is 0 Å². The van der Waals surface area contributed by atoms with Crippen LogP contribution in [0.3, 0.4) is 0 Å². The Balaban J connectivity index is 0.000000268. The predicted molar refractivity (Wildman–Crippen MR) is 241 cm³/mol. The summed E-state index contributed by atoms with van der Waals surface area (Å²) < 4.78 is 209. The number of hydrogen-bond donors (Lipinski definition) is 0. The minimum atomic E-state index is -12.7. The van der Waals surface area contributed by atoms with Crippen LogP contribution in [0.25, 0.3) is 22.3 Å². The van der Waals surface area contributed by atoms with Crippen LogP contribution in [0.5, 0.6) is 0 Å². The smallest absolute Gasteiger partial charge is 0.193 e. The van der Waals surface area contributed by atoms with Crippen LogP contribution in [-0.4, -0.2) is 41.3 Å². The molecule has 22 heteroatoms. The number of rotatable bonds is 10. The molecule has 73 heavy (non-hydrogen) atoms. The van der Waals surface area contributed by atoms with Gasteiger partial charge in [-0.3, -0.25) is 4.79 Å². The molecule has 0 amide bonds. The maximum absolute atomic E-state index is 13.4. The predicted octanol–water partition coefficient (Wildman–Crippen LogP) is 15.1. The Kier molecular flexibility index (Phi) is 14.3. The van der Waals surface area contributed by atoms with Crippen LogP contribution in [0.4, 0.5) is 74.3 Å². The molecule has 0 saturated heterocycles. The van der Waals surface area contributed by atoms with Gasteiger partial charge in [0.1, 0.15) is 0 Å². The third-order valence-corrected chi connectivity index (χ3v) is 18.9. The molecule has 1 unspecified atom stereocenters. The van der Waals surface area contributed by atoms with Crippen LogP contribution in [-0.2, 0) is 23.7 Å². The van der Waals surface area contributed by atoms with Gasteiger partial charge in [0.2, 0.25) is 0 Å². The Hall–Kier alpha value is -5.92. The van der Waals surface area contributed by atoms with Gasteiger partial charge in [-0.15, -0.1) is 0 Å². The van der Waals surface area contributed by atoms with Crippen molar-refractivity contribution < 1.29 is 83.7 Å². The van der Waals surface area contributed by atoms with Crippen LogP contribution in [0.15, 0.2) is 188 Å². The van der Waals surface area contributed by atoms with Crippen LogP contribution in [0.2, 0.25) is 0 Å². The molecular weight excluding hydrogens is 1070 g/mol. The van der Waals surface area contributed by atoms with Crippen molar-refractivity contribution in [2.24, 2.45) is 0 Å². The zero-order chi connectivity index (χ0) is 52.5. The number of fused-ring (bicyclic) bond motifs is 6. The summed E-state index contributed by atoms with van der Waals surface area (Å²) in [5, 5.41) is 0. The minimum absolute atomic E-state index is 0. The second kappa shape index (κ2) is 19.1. The number of benzene rings is 7. The molecule has 9 rings (SSSR count). The third kappa shape index (κ3) is 9.06. The molecule has 2 aliphatic carbocycles. The molecule has 0 aromatic heterocycles. The molecule has 0 heterocycles. The van der Waals surface area contributed by atoms with E-state index in [0.717, 1.165) is 24.0 Å². The Morgan fingerprint density at radius 3 is 1.34 bits per heavy atom. The van der Waals surface area contributed by atoms with Crippen molar-refractivity contribution >= 4 is 35.7 Å². The number of ketones is 1. The molecule has 0 spiro atoms. The van der Waals surface area contributed by atoms with Gasteiger partial charge < -0.3 is 4.70 Å². The van der Waals surface area contributed by atoms with Crippen molar-refractivity contribution in [1.82, 2.24) is 0 Å². The molecule has 7 aromatic rings. The first-order chi connectivity index (χ1) is 33.5. The molecule has 1 atom stereocenters. The van der Waals surface area contributed by atoms with Gasteiger partial charge in [0.25, 0.3) is 0 Å². The quantitative estimate of drug-likeness (QED) is 0.0588. The van der Waals surface area contributed by atoms with E-state index in [1.807, 2.05) is 48.2 Å². The van der Waals surface area contributed by atoms with Gasteiger partial charge in [-0.2, -0.15) is 0 Å². The summed E-state index contributed by atoms with van der Waals surface area (Å²) in [5.41, 5.74) is -15.0. The largest absolute Gasteiger partial charge is 1.00 e. The monoisotopic (exact) mass is 1100 g/mol. The number of hydrogen-bond acceptors (Lipinski definition) is 2. The molecule has 0 saturated carbocycles. The van der Waals surface area contributed by atoms with E-state index >= 15 is 0 Å². The number of halogens is 18. The van der Waals surface area contributed by atoms with E-state index in [9.17, 15) is 79.0 Å². The van der Waals surface area contributed by atoms with Gasteiger partial charge in [-0.05, 0) is 130 Å². The second-order valence-electron chi connectivity index (χ2n) is 16.4. The van der Waals surface area contributed by atoms with Crippen molar-refractivity contribution in [1.29, 1.82) is 0 Å². The average molecular weight is 1100 g/mol. The Morgan fingerprint density at radius 1 is 0.397 bits per heavy atom. The Labute approximate surface area is 410 Å². The summed E-state index contributed by atoms with van der Waals surface area (Å²) >= 11 is 1.81. The fourth-order valence-electron chi connectivity index (χ4n) is 8.34. The van der Waals surface area contributed by atoms with Crippen molar-refractivity contribution in [2.45, 2.75) is 72.8 Å².